The van der Waals surface area contributed by atoms with Crippen LogP contribution in [0.15, 0.2) is 4.47 Å². The third kappa shape index (κ3) is 1.30. The molecule has 1 aromatic rings. The summed E-state index contributed by atoms with van der Waals surface area (Å²) in [7, 11) is 0. The molecule has 0 aromatic carbocycles. The molecule has 1 aromatic heterocycles. The van der Waals surface area contributed by atoms with E-state index in [0.717, 1.165) is 15.7 Å². The number of nitrogen functional groups attached to an aromatic ring is 2. The highest BCUT2D eigenvalue weighted by Crippen LogP contribution is 2.27. The average molecular weight is 216 g/mol. The maximum atomic E-state index is 5.63. The van der Waals surface area contributed by atoms with E-state index >= 15 is 0 Å². The number of halogens is 1. The van der Waals surface area contributed by atoms with E-state index in [1.54, 1.807) is 0 Å². The average Bonchev–Trinajstić information content (AvgIpc) is 1.97. The van der Waals surface area contributed by atoms with E-state index in [0.29, 0.717) is 11.5 Å². The van der Waals surface area contributed by atoms with E-state index in [-0.39, 0.29) is 0 Å². The van der Waals surface area contributed by atoms with Gasteiger partial charge in [-0.1, -0.05) is 0 Å². The third-order valence-electron chi connectivity index (χ3n) is 1.62. The number of hydrogen-bond acceptors (Lipinski definition) is 3. The van der Waals surface area contributed by atoms with Crippen molar-refractivity contribution in [2.75, 3.05) is 11.5 Å². The molecule has 4 N–H and O–H groups in total. The first-order valence-electron chi connectivity index (χ1n) is 3.21. The SMILES string of the molecule is Cc1nc(N)c(N)c(C)c1Br. The van der Waals surface area contributed by atoms with Gasteiger partial charge in [-0.25, -0.2) is 4.98 Å². The van der Waals surface area contributed by atoms with Gasteiger partial charge in [-0.15, -0.1) is 0 Å². The van der Waals surface area contributed by atoms with Gasteiger partial charge in [0.25, 0.3) is 0 Å². The third-order valence-corrected chi connectivity index (χ3v) is 2.78. The Bertz CT molecular complexity index is 270. The zero-order valence-electron chi connectivity index (χ0n) is 6.48. The van der Waals surface area contributed by atoms with E-state index < -0.39 is 0 Å². The van der Waals surface area contributed by atoms with Crippen molar-refractivity contribution in [3.63, 3.8) is 0 Å². The van der Waals surface area contributed by atoms with E-state index in [2.05, 4.69) is 20.9 Å². The number of aryl methyl sites for hydroxylation is 1. The van der Waals surface area contributed by atoms with Crippen LogP contribution in [0.5, 0.6) is 0 Å². The second kappa shape index (κ2) is 2.70. The molecule has 0 spiro atoms. The maximum absolute atomic E-state index is 5.63. The van der Waals surface area contributed by atoms with Gasteiger partial charge in [0, 0.05) is 4.47 Å². The lowest BCUT2D eigenvalue weighted by atomic mass is 10.2. The number of aromatic nitrogens is 1. The summed E-state index contributed by atoms with van der Waals surface area (Å²) in [5.41, 5.74) is 13.5. The van der Waals surface area contributed by atoms with Crippen molar-refractivity contribution >= 4 is 27.4 Å². The van der Waals surface area contributed by atoms with Crippen LogP contribution in [-0.4, -0.2) is 4.98 Å². The number of rotatable bonds is 0. The van der Waals surface area contributed by atoms with Gasteiger partial charge in [-0.3, -0.25) is 0 Å². The van der Waals surface area contributed by atoms with Gasteiger partial charge in [-0.05, 0) is 35.3 Å². The molecule has 0 fully saturated rings. The predicted molar refractivity (Wildman–Crippen MR) is 50.2 cm³/mol. The molecule has 11 heavy (non-hydrogen) atoms. The fourth-order valence-corrected chi connectivity index (χ4v) is 1.17. The van der Waals surface area contributed by atoms with Crippen LogP contribution in [0.3, 0.4) is 0 Å². The molecule has 3 nitrogen and oxygen atoms in total. The first kappa shape index (κ1) is 8.33. The molecule has 1 rings (SSSR count). The van der Waals surface area contributed by atoms with Gasteiger partial charge in [-0.2, -0.15) is 0 Å². The fourth-order valence-electron chi connectivity index (χ4n) is 0.872. The van der Waals surface area contributed by atoms with E-state index in [1.807, 2.05) is 13.8 Å². The summed E-state index contributed by atoms with van der Waals surface area (Å²) in [5.74, 6) is 0.406. The standard InChI is InChI=1S/C7H10BrN3/c1-3-5(8)4(2)11-7(10)6(3)9/h9H2,1-2H3,(H2,10,11). The minimum Gasteiger partial charge on any atom is -0.395 e. The molecule has 0 radical (unpaired) electrons. The van der Waals surface area contributed by atoms with Crippen LogP contribution in [0.2, 0.25) is 0 Å². The second-order valence-corrected chi connectivity index (χ2v) is 3.23. The minimum atomic E-state index is 0.406. The zero-order valence-corrected chi connectivity index (χ0v) is 8.07. The number of nitrogens with two attached hydrogens (primary N) is 2. The van der Waals surface area contributed by atoms with Gasteiger partial charge in [0.15, 0.2) is 0 Å². The van der Waals surface area contributed by atoms with Crippen molar-refractivity contribution in [2.24, 2.45) is 0 Å². The Morgan fingerprint density at radius 2 is 1.82 bits per heavy atom. The lowest BCUT2D eigenvalue weighted by Crippen LogP contribution is -2.02. The summed E-state index contributed by atoms with van der Waals surface area (Å²) < 4.78 is 0.934. The molecule has 60 valence electrons. The van der Waals surface area contributed by atoms with E-state index in [1.165, 1.54) is 0 Å². The molecular weight excluding hydrogens is 206 g/mol. The van der Waals surface area contributed by atoms with Crippen LogP contribution in [0.1, 0.15) is 11.3 Å². The van der Waals surface area contributed by atoms with Crippen LogP contribution in [0, 0.1) is 13.8 Å². The predicted octanol–water partition coefficient (Wildman–Crippen LogP) is 1.63. The van der Waals surface area contributed by atoms with Gasteiger partial charge in [0.1, 0.15) is 5.82 Å². The molecule has 0 atom stereocenters. The van der Waals surface area contributed by atoms with Crippen LogP contribution < -0.4 is 11.5 Å². The van der Waals surface area contributed by atoms with Crippen LogP contribution in [0.4, 0.5) is 11.5 Å². The molecule has 0 amide bonds. The summed E-state index contributed by atoms with van der Waals surface area (Å²) in [5, 5.41) is 0. The Morgan fingerprint density at radius 1 is 1.27 bits per heavy atom. The summed E-state index contributed by atoms with van der Waals surface area (Å²) in [6, 6.07) is 0. The molecule has 0 aliphatic heterocycles. The molecule has 0 saturated heterocycles. The van der Waals surface area contributed by atoms with Crippen molar-refractivity contribution in [3.8, 4) is 0 Å². The van der Waals surface area contributed by atoms with E-state index in [4.69, 9.17) is 11.5 Å². The molecule has 4 heteroatoms. The molecule has 0 aliphatic carbocycles. The first-order chi connectivity index (χ1) is 5.04. The largest absolute Gasteiger partial charge is 0.395 e. The first-order valence-corrected chi connectivity index (χ1v) is 4.01. The van der Waals surface area contributed by atoms with Gasteiger partial charge < -0.3 is 11.5 Å². The van der Waals surface area contributed by atoms with Crippen LogP contribution in [0.25, 0.3) is 0 Å². The second-order valence-electron chi connectivity index (χ2n) is 2.44. The highest BCUT2D eigenvalue weighted by Gasteiger charge is 2.06. The highest BCUT2D eigenvalue weighted by molar-refractivity contribution is 9.10. The normalized spacial score (nSPS) is 10.1. The number of hydrogen-bond donors (Lipinski definition) is 2. The quantitative estimate of drug-likeness (QED) is 0.692. The fraction of sp³-hybridized carbons (Fsp3) is 0.286. The maximum Gasteiger partial charge on any atom is 0.147 e. The highest BCUT2D eigenvalue weighted by atomic mass is 79.9. The van der Waals surface area contributed by atoms with Crippen molar-refractivity contribution < 1.29 is 0 Å². The molecule has 0 aliphatic rings. The van der Waals surface area contributed by atoms with Gasteiger partial charge in [0.05, 0.1) is 11.4 Å². The molecule has 1 heterocycles. The molecule has 0 saturated carbocycles. The molecule has 0 unspecified atom stereocenters. The summed E-state index contributed by atoms with van der Waals surface area (Å²) in [6.07, 6.45) is 0. The van der Waals surface area contributed by atoms with Crippen molar-refractivity contribution in [2.45, 2.75) is 13.8 Å². The van der Waals surface area contributed by atoms with Crippen molar-refractivity contribution in [3.05, 3.63) is 15.7 Å². The Kier molecular flexibility index (Phi) is 2.04. The molecule has 0 bridgehead atoms. The topological polar surface area (TPSA) is 64.9 Å². The Labute approximate surface area is 73.9 Å². The minimum absolute atomic E-state index is 0.406. The van der Waals surface area contributed by atoms with Crippen molar-refractivity contribution in [1.29, 1.82) is 0 Å². The zero-order chi connectivity index (χ0) is 8.59. The summed E-state index contributed by atoms with van der Waals surface area (Å²) in [4.78, 5) is 4.04. The summed E-state index contributed by atoms with van der Waals surface area (Å²) >= 11 is 3.37. The Morgan fingerprint density at radius 3 is 2.36 bits per heavy atom. The van der Waals surface area contributed by atoms with Gasteiger partial charge >= 0.3 is 0 Å². The number of anilines is 2. The van der Waals surface area contributed by atoms with Crippen LogP contribution in [-0.2, 0) is 0 Å². The van der Waals surface area contributed by atoms with Crippen molar-refractivity contribution in [1.82, 2.24) is 4.98 Å². The van der Waals surface area contributed by atoms with Gasteiger partial charge in [0.2, 0.25) is 0 Å². The number of pyridine rings is 1. The molecular formula is C7H10BrN3. The monoisotopic (exact) mass is 215 g/mol. The van der Waals surface area contributed by atoms with E-state index in [9.17, 15) is 0 Å². The lowest BCUT2D eigenvalue weighted by molar-refractivity contribution is 1.17. The lowest BCUT2D eigenvalue weighted by Gasteiger charge is -2.07. The summed E-state index contributed by atoms with van der Waals surface area (Å²) in [6.45, 7) is 3.79. The number of nitrogens with zero attached hydrogens (tertiary/aromatic N) is 1. The smallest absolute Gasteiger partial charge is 0.147 e. The Hall–Kier alpha value is -0.770. The Balaban J connectivity index is 3.46. The van der Waals surface area contributed by atoms with Crippen LogP contribution >= 0.6 is 15.9 Å².